The highest BCUT2D eigenvalue weighted by molar-refractivity contribution is 5.00. The lowest BCUT2D eigenvalue weighted by Gasteiger charge is -2.30. The summed E-state index contributed by atoms with van der Waals surface area (Å²) in [5.74, 6) is 2.07. The molecule has 1 saturated carbocycles. The number of furan rings is 1. The molecular formula is C15H25NO. The molecule has 0 aromatic carbocycles. The smallest absolute Gasteiger partial charge is 0.105 e. The van der Waals surface area contributed by atoms with Gasteiger partial charge >= 0.3 is 0 Å². The van der Waals surface area contributed by atoms with E-state index in [1.165, 1.54) is 32.1 Å². The molecule has 1 fully saturated rings. The summed E-state index contributed by atoms with van der Waals surface area (Å²) in [4.78, 5) is 0. The van der Waals surface area contributed by atoms with Gasteiger partial charge in [-0.15, -0.1) is 0 Å². The molecule has 1 aliphatic carbocycles. The summed E-state index contributed by atoms with van der Waals surface area (Å²) >= 11 is 0. The molecule has 0 bridgehead atoms. The van der Waals surface area contributed by atoms with Crippen molar-refractivity contribution in [3.05, 3.63) is 24.2 Å². The van der Waals surface area contributed by atoms with Crippen LogP contribution in [0, 0.1) is 5.92 Å². The van der Waals surface area contributed by atoms with E-state index >= 15 is 0 Å². The molecule has 1 aliphatic rings. The van der Waals surface area contributed by atoms with Crippen molar-refractivity contribution in [2.24, 2.45) is 5.92 Å². The predicted molar refractivity (Wildman–Crippen MR) is 71.0 cm³/mol. The largest absolute Gasteiger partial charge is 0.469 e. The summed E-state index contributed by atoms with van der Waals surface area (Å²) in [7, 11) is 0. The van der Waals surface area contributed by atoms with Gasteiger partial charge in [0.15, 0.2) is 0 Å². The van der Waals surface area contributed by atoms with E-state index in [0.29, 0.717) is 6.04 Å². The van der Waals surface area contributed by atoms with Crippen LogP contribution in [0.15, 0.2) is 22.8 Å². The van der Waals surface area contributed by atoms with Crippen molar-refractivity contribution in [1.29, 1.82) is 0 Å². The van der Waals surface area contributed by atoms with Gasteiger partial charge in [0.1, 0.15) is 5.76 Å². The van der Waals surface area contributed by atoms with Crippen molar-refractivity contribution < 1.29 is 4.42 Å². The Hall–Kier alpha value is -0.760. The van der Waals surface area contributed by atoms with E-state index in [2.05, 4.69) is 25.2 Å². The van der Waals surface area contributed by atoms with Crippen molar-refractivity contribution in [1.82, 2.24) is 5.32 Å². The van der Waals surface area contributed by atoms with Crippen LogP contribution in [0.4, 0.5) is 0 Å². The maximum Gasteiger partial charge on any atom is 0.105 e. The fourth-order valence-corrected chi connectivity index (χ4v) is 2.93. The predicted octanol–water partition coefficient (Wildman–Crippen LogP) is 3.77. The molecule has 17 heavy (non-hydrogen) atoms. The normalized spacial score (nSPS) is 26.9. The Bertz CT molecular complexity index is 299. The second-order valence-corrected chi connectivity index (χ2v) is 5.48. The van der Waals surface area contributed by atoms with E-state index in [1.54, 1.807) is 6.26 Å². The van der Waals surface area contributed by atoms with Gasteiger partial charge in [-0.05, 0) is 50.7 Å². The lowest BCUT2D eigenvalue weighted by Crippen LogP contribution is -2.40. The molecule has 1 unspecified atom stereocenters. The fourth-order valence-electron chi connectivity index (χ4n) is 2.93. The van der Waals surface area contributed by atoms with Crippen LogP contribution < -0.4 is 5.32 Å². The average molecular weight is 235 g/mol. The standard InChI is InChI=1S/C15H25NO/c1-3-13-6-8-14(9-7-13)16-12(2)11-15-5-4-10-17-15/h4-5,10,12-14,16H,3,6-9,11H2,1-2H3. The molecular weight excluding hydrogens is 210 g/mol. The van der Waals surface area contributed by atoms with Crippen LogP contribution in [0.3, 0.4) is 0 Å². The monoisotopic (exact) mass is 235 g/mol. The first kappa shape index (κ1) is 12.7. The number of hydrogen-bond acceptors (Lipinski definition) is 2. The molecule has 1 atom stereocenters. The van der Waals surface area contributed by atoms with E-state index in [9.17, 15) is 0 Å². The summed E-state index contributed by atoms with van der Waals surface area (Å²) in [6, 6.07) is 5.27. The van der Waals surface area contributed by atoms with Crippen molar-refractivity contribution in [2.45, 2.75) is 64.5 Å². The highest BCUT2D eigenvalue weighted by Gasteiger charge is 2.21. The zero-order valence-corrected chi connectivity index (χ0v) is 11.1. The van der Waals surface area contributed by atoms with E-state index in [1.807, 2.05) is 6.07 Å². The van der Waals surface area contributed by atoms with Crippen LogP contribution in [0.25, 0.3) is 0 Å². The molecule has 0 spiro atoms. The van der Waals surface area contributed by atoms with Gasteiger partial charge in [0.25, 0.3) is 0 Å². The van der Waals surface area contributed by atoms with Gasteiger partial charge in [-0.2, -0.15) is 0 Å². The van der Waals surface area contributed by atoms with E-state index < -0.39 is 0 Å². The van der Waals surface area contributed by atoms with E-state index in [0.717, 1.165) is 24.1 Å². The quantitative estimate of drug-likeness (QED) is 0.840. The molecule has 0 aliphatic heterocycles. The fraction of sp³-hybridized carbons (Fsp3) is 0.733. The van der Waals surface area contributed by atoms with Gasteiger partial charge in [-0.3, -0.25) is 0 Å². The maximum atomic E-state index is 5.39. The molecule has 1 heterocycles. The Kier molecular flexibility index (Phi) is 4.66. The summed E-state index contributed by atoms with van der Waals surface area (Å²) in [6.07, 6.45) is 9.62. The lowest BCUT2D eigenvalue weighted by molar-refractivity contribution is 0.269. The minimum absolute atomic E-state index is 0.518. The van der Waals surface area contributed by atoms with Gasteiger partial charge < -0.3 is 9.73 Å². The second-order valence-electron chi connectivity index (χ2n) is 5.48. The third kappa shape index (κ3) is 3.88. The summed E-state index contributed by atoms with van der Waals surface area (Å²) < 4.78 is 5.39. The van der Waals surface area contributed by atoms with Crippen molar-refractivity contribution >= 4 is 0 Å². The van der Waals surface area contributed by atoms with E-state index in [-0.39, 0.29) is 0 Å². The first-order valence-corrected chi connectivity index (χ1v) is 7.06. The van der Waals surface area contributed by atoms with Crippen LogP contribution >= 0.6 is 0 Å². The van der Waals surface area contributed by atoms with Crippen LogP contribution in [0.2, 0.25) is 0 Å². The SMILES string of the molecule is CCC1CCC(NC(C)Cc2ccco2)CC1. The minimum Gasteiger partial charge on any atom is -0.469 e. The van der Waals surface area contributed by atoms with Gasteiger partial charge in [0.05, 0.1) is 6.26 Å². The van der Waals surface area contributed by atoms with Gasteiger partial charge in [-0.1, -0.05) is 13.3 Å². The Morgan fingerprint density at radius 3 is 2.71 bits per heavy atom. The highest BCUT2D eigenvalue weighted by Crippen LogP contribution is 2.26. The zero-order chi connectivity index (χ0) is 12.1. The third-order valence-corrected chi connectivity index (χ3v) is 4.03. The molecule has 1 aromatic heterocycles. The molecule has 1 aromatic rings. The van der Waals surface area contributed by atoms with Crippen LogP contribution in [-0.4, -0.2) is 12.1 Å². The maximum absolute atomic E-state index is 5.39. The van der Waals surface area contributed by atoms with Crippen LogP contribution in [0.5, 0.6) is 0 Å². The third-order valence-electron chi connectivity index (χ3n) is 4.03. The lowest BCUT2D eigenvalue weighted by atomic mass is 9.84. The Morgan fingerprint density at radius 2 is 2.12 bits per heavy atom. The van der Waals surface area contributed by atoms with Crippen molar-refractivity contribution in [2.75, 3.05) is 0 Å². The Morgan fingerprint density at radius 1 is 1.35 bits per heavy atom. The molecule has 0 saturated heterocycles. The Balaban J connectivity index is 1.70. The first-order chi connectivity index (χ1) is 8.28. The van der Waals surface area contributed by atoms with Gasteiger partial charge in [-0.25, -0.2) is 0 Å². The van der Waals surface area contributed by atoms with Gasteiger partial charge in [0.2, 0.25) is 0 Å². The number of nitrogens with one attached hydrogen (secondary N) is 1. The van der Waals surface area contributed by atoms with Crippen LogP contribution in [0.1, 0.15) is 51.7 Å². The molecule has 1 N–H and O–H groups in total. The molecule has 0 amide bonds. The Labute approximate surface area is 105 Å². The summed E-state index contributed by atoms with van der Waals surface area (Å²) in [5.41, 5.74) is 0. The molecule has 0 radical (unpaired) electrons. The molecule has 96 valence electrons. The zero-order valence-electron chi connectivity index (χ0n) is 11.1. The molecule has 2 heteroatoms. The summed E-state index contributed by atoms with van der Waals surface area (Å²) in [5, 5.41) is 3.74. The molecule has 2 nitrogen and oxygen atoms in total. The number of hydrogen-bond donors (Lipinski definition) is 1. The number of rotatable bonds is 5. The second kappa shape index (κ2) is 6.25. The van der Waals surface area contributed by atoms with Gasteiger partial charge in [0, 0.05) is 18.5 Å². The highest BCUT2D eigenvalue weighted by atomic mass is 16.3. The first-order valence-electron chi connectivity index (χ1n) is 7.06. The minimum atomic E-state index is 0.518. The van der Waals surface area contributed by atoms with Crippen LogP contribution in [-0.2, 0) is 6.42 Å². The average Bonchev–Trinajstić information content (AvgIpc) is 2.82. The topological polar surface area (TPSA) is 25.2 Å². The van der Waals surface area contributed by atoms with Crippen molar-refractivity contribution in [3.8, 4) is 0 Å². The van der Waals surface area contributed by atoms with Crippen molar-refractivity contribution in [3.63, 3.8) is 0 Å². The summed E-state index contributed by atoms with van der Waals surface area (Å²) in [6.45, 7) is 4.58. The molecule has 2 rings (SSSR count). The van der Waals surface area contributed by atoms with E-state index in [4.69, 9.17) is 4.42 Å².